The highest BCUT2D eigenvalue weighted by Crippen LogP contribution is 2.30. The van der Waals surface area contributed by atoms with Gasteiger partial charge in [-0.25, -0.2) is 0 Å². The molecule has 0 bridgehead atoms. The molecule has 0 aliphatic heterocycles. The summed E-state index contributed by atoms with van der Waals surface area (Å²) in [4.78, 5) is 0.422. The lowest BCUT2D eigenvalue weighted by atomic mass is 10.3. The zero-order valence-corrected chi connectivity index (χ0v) is 16.0. The maximum Gasteiger partial charge on any atom is 0.417 e. The molecule has 3 aromatic rings. The van der Waals surface area contributed by atoms with Crippen molar-refractivity contribution in [2.24, 2.45) is 0 Å². The van der Waals surface area contributed by atoms with Crippen molar-refractivity contribution in [1.29, 1.82) is 0 Å². The average Bonchev–Trinajstić information content (AvgIpc) is 2.98. The predicted octanol–water partition coefficient (Wildman–Crippen LogP) is 4.95. The van der Waals surface area contributed by atoms with Crippen molar-refractivity contribution in [1.82, 2.24) is 14.6 Å². The third kappa shape index (κ3) is 4.33. The standard InChI is InChI=1S/C15H10Cl2F3N3OS2/c16-10-2-3-11(17)12(7-10)26(24)6-5-25-14-22-21-13-4-1-9(8-23(13)14)15(18,19)20/h1-4,7-8H,5-6H2. The van der Waals surface area contributed by atoms with E-state index in [2.05, 4.69) is 10.2 Å². The van der Waals surface area contributed by atoms with Crippen LogP contribution in [0.5, 0.6) is 0 Å². The summed E-state index contributed by atoms with van der Waals surface area (Å²) < 4.78 is 52.2. The van der Waals surface area contributed by atoms with E-state index in [4.69, 9.17) is 23.2 Å². The molecule has 0 saturated carbocycles. The first-order chi connectivity index (χ1) is 12.3. The second-order valence-electron chi connectivity index (χ2n) is 5.10. The van der Waals surface area contributed by atoms with Gasteiger partial charge in [-0.05, 0) is 30.3 Å². The molecule has 0 fully saturated rings. The van der Waals surface area contributed by atoms with Crippen molar-refractivity contribution >= 4 is 51.4 Å². The molecule has 1 aromatic carbocycles. The number of hydrogen-bond donors (Lipinski definition) is 0. The molecule has 0 aliphatic rings. The number of alkyl halides is 3. The van der Waals surface area contributed by atoms with Crippen LogP contribution in [0, 0.1) is 0 Å². The zero-order chi connectivity index (χ0) is 18.9. The Morgan fingerprint density at radius 3 is 2.65 bits per heavy atom. The number of fused-ring (bicyclic) bond motifs is 1. The highest BCUT2D eigenvalue weighted by molar-refractivity contribution is 8.00. The molecular weight excluding hydrogens is 430 g/mol. The zero-order valence-electron chi connectivity index (χ0n) is 12.8. The van der Waals surface area contributed by atoms with E-state index in [0.717, 1.165) is 24.0 Å². The molecule has 0 saturated heterocycles. The summed E-state index contributed by atoms with van der Waals surface area (Å²) in [6.45, 7) is 0. The molecule has 0 aliphatic carbocycles. The molecule has 26 heavy (non-hydrogen) atoms. The second kappa shape index (κ2) is 7.75. The van der Waals surface area contributed by atoms with Gasteiger partial charge in [-0.3, -0.25) is 8.61 Å². The molecule has 4 nitrogen and oxygen atoms in total. The van der Waals surface area contributed by atoms with E-state index >= 15 is 0 Å². The van der Waals surface area contributed by atoms with Crippen molar-refractivity contribution < 1.29 is 17.4 Å². The van der Waals surface area contributed by atoms with E-state index in [-0.39, 0.29) is 5.75 Å². The summed E-state index contributed by atoms with van der Waals surface area (Å²) in [5, 5.41) is 8.78. The molecule has 2 aromatic heterocycles. The van der Waals surface area contributed by atoms with Crippen LogP contribution in [-0.4, -0.2) is 30.3 Å². The number of aromatic nitrogens is 3. The summed E-state index contributed by atoms with van der Waals surface area (Å²) in [6.07, 6.45) is -3.51. The van der Waals surface area contributed by atoms with E-state index in [1.165, 1.54) is 16.5 Å². The molecule has 138 valence electrons. The molecule has 2 heterocycles. The monoisotopic (exact) mass is 439 g/mol. The van der Waals surface area contributed by atoms with Crippen LogP contribution in [-0.2, 0) is 17.0 Å². The fraction of sp³-hybridized carbons (Fsp3) is 0.200. The lowest BCUT2D eigenvalue weighted by molar-refractivity contribution is -0.137. The van der Waals surface area contributed by atoms with Gasteiger partial charge >= 0.3 is 6.18 Å². The van der Waals surface area contributed by atoms with Gasteiger partial charge in [0.25, 0.3) is 0 Å². The quantitative estimate of drug-likeness (QED) is 0.527. The van der Waals surface area contributed by atoms with Gasteiger partial charge in [-0.1, -0.05) is 35.0 Å². The minimum absolute atomic E-state index is 0.235. The summed E-state index contributed by atoms with van der Waals surface area (Å²) in [6, 6.07) is 6.90. The molecular formula is C15H10Cl2F3N3OS2. The maximum atomic E-state index is 12.8. The lowest BCUT2D eigenvalue weighted by Gasteiger charge is -2.07. The van der Waals surface area contributed by atoms with Crippen LogP contribution in [0.25, 0.3) is 5.65 Å². The Morgan fingerprint density at radius 1 is 1.15 bits per heavy atom. The first kappa shape index (κ1) is 19.5. The van der Waals surface area contributed by atoms with Crippen LogP contribution >= 0.6 is 35.0 Å². The highest BCUT2D eigenvalue weighted by Gasteiger charge is 2.31. The highest BCUT2D eigenvalue weighted by atomic mass is 35.5. The smallest absolute Gasteiger partial charge is 0.277 e. The fourth-order valence-electron chi connectivity index (χ4n) is 2.11. The van der Waals surface area contributed by atoms with Crippen LogP contribution in [0.3, 0.4) is 0 Å². The van der Waals surface area contributed by atoms with Crippen molar-refractivity contribution in [3.63, 3.8) is 0 Å². The minimum Gasteiger partial charge on any atom is -0.277 e. The Hall–Kier alpha value is -1.29. The van der Waals surface area contributed by atoms with Crippen molar-refractivity contribution in [2.75, 3.05) is 11.5 Å². The molecule has 3 rings (SSSR count). The van der Waals surface area contributed by atoms with E-state index in [1.807, 2.05) is 0 Å². The van der Waals surface area contributed by atoms with Crippen LogP contribution < -0.4 is 0 Å². The number of nitrogens with zero attached hydrogens (tertiary/aromatic N) is 3. The van der Waals surface area contributed by atoms with Crippen LogP contribution in [0.15, 0.2) is 46.6 Å². The first-order valence-electron chi connectivity index (χ1n) is 7.14. The minimum atomic E-state index is -4.45. The molecule has 11 heteroatoms. The summed E-state index contributed by atoms with van der Waals surface area (Å²) in [5.74, 6) is 0.588. The van der Waals surface area contributed by atoms with Gasteiger partial charge in [0.05, 0.1) is 26.3 Å². The van der Waals surface area contributed by atoms with Crippen LogP contribution in [0.4, 0.5) is 13.2 Å². The SMILES string of the molecule is O=S(CCSc1nnc2ccc(C(F)(F)F)cn12)c1cc(Cl)ccc1Cl. The molecule has 0 spiro atoms. The summed E-state index contributed by atoms with van der Waals surface area (Å²) in [5.41, 5.74) is -0.486. The number of benzene rings is 1. The van der Waals surface area contributed by atoms with E-state index in [1.54, 1.807) is 12.1 Å². The maximum absolute atomic E-state index is 12.8. The van der Waals surface area contributed by atoms with E-state index < -0.39 is 22.5 Å². The normalized spacial score (nSPS) is 13.3. The van der Waals surface area contributed by atoms with Crippen LogP contribution in [0.1, 0.15) is 5.56 Å². The van der Waals surface area contributed by atoms with Crippen LogP contribution in [0.2, 0.25) is 10.0 Å². The third-order valence-electron chi connectivity index (χ3n) is 3.34. The molecule has 1 atom stereocenters. The summed E-state index contributed by atoms with van der Waals surface area (Å²) >= 11 is 13.1. The molecule has 1 unspecified atom stereocenters. The Kier molecular flexibility index (Phi) is 5.81. The first-order valence-corrected chi connectivity index (χ1v) is 10.2. The lowest BCUT2D eigenvalue weighted by Crippen LogP contribution is -2.06. The largest absolute Gasteiger partial charge is 0.417 e. The van der Waals surface area contributed by atoms with Gasteiger partial charge in [-0.2, -0.15) is 13.2 Å². The Morgan fingerprint density at radius 2 is 1.92 bits per heavy atom. The van der Waals surface area contributed by atoms with Crippen molar-refractivity contribution in [3.05, 3.63) is 52.1 Å². The topological polar surface area (TPSA) is 47.3 Å². The average molecular weight is 440 g/mol. The van der Waals surface area contributed by atoms with Gasteiger partial charge < -0.3 is 0 Å². The van der Waals surface area contributed by atoms with Crippen molar-refractivity contribution in [3.8, 4) is 0 Å². The Balaban J connectivity index is 1.72. The fourth-order valence-corrected chi connectivity index (χ4v) is 4.99. The van der Waals surface area contributed by atoms with Gasteiger partial charge in [-0.15, -0.1) is 10.2 Å². The van der Waals surface area contributed by atoms with Gasteiger partial charge in [0, 0.05) is 22.7 Å². The number of rotatable bonds is 5. The van der Waals surface area contributed by atoms with E-state index in [9.17, 15) is 17.4 Å². The number of thioether (sulfide) groups is 1. The van der Waals surface area contributed by atoms with Crippen molar-refractivity contribution in [2.45, 2.75) is 16.2 Å². The van der Waals surface area contributed by atoms with Gasteiger partial charge in [0.1, 0.15) is 0 Å². The molecule has 0 amide bonds. The summed E-state index contributed by atoms with van der Waals surface area (Å²) in [7, 11) is -1.39. The number of hydrogen-bond acceptors (Lipinski definition) is 4. The van der Waals surface area contributed by atoms with E-state index in [0.29, 0.717) is 31.5 Å². The predicted molar refractivity (Wildman–Crippen MR) is 96.5 cm³/mol. The number of pyridine rings is 1. The van der Waals surface area contributed by atoms with Gasteiger partial charge in [0.15, 0.2) is 10.8 Å². The Bertz CT molecular complexity index is 978. The Labute approximate surface area is 163 Å². The third-order valence-corrected chi connectivity index (χ3v) is 6.62. The van der Waals surface area contributed by atoms with Gasteiger partial charge in [0.2, 0.25) is 0 Å². The number of halogens is 5. The molecule has 0 radical (unpaired) electrons. The second-order valence-corrected chi connectivity index (χ2v) is 8.54. The molecule has 0 N–H and O–H groups in total.